The first kappa shape index (κ1) is 14.2. The highest BCUT2D eigenvalue weighted by Crippen LogP contribution is 2.41. The number of aromatic nitrogens is 2. The topological polar surface area (TPSA) is 73.4 Å². The van der Waals surface area contributed by atoms with Crippen LogP contribution >= 0.6 is 0 Å². The van der Waals surface area contributed by atoms with Crippen molar-refractivity contribution in [3.8, 4) is 0 Å². The molecule has 0 saturated carbocycles. The molecule has 3 heterocycles. The van der Waals surface area contributed by atoms with Crippen molar-refractivity contribution >= 4 is 11.8 Å². The van der Waals surface area contributed by atoms with Crippen LogP contribution < -0.4 is 5.73 Å². The lowest BCUT2D eigenvalue weighted by atomic mass is 9.98. The number of nitrogens with zero attached hydrogens (tertiary/aromatic N) is 3. The average Bonchev–Trinajstić information content (AvgIpc) is 2.89. The minimum Gasteiger partial charge on any atom is -0.444 e. The third-order valence-corrected chi connectivity index (χ3v) is 4.31. The number of carbonyl (C=O) groups is 1. The van der Waals surface area contributed by atoms with Crippen LogP contribution in [0.3, 0.4) is 0 Å². The number of rotatable bonds is 1. The predicted octanol–water partition coefficient (Wildman–Crippen LogP) is 2.57. The zero-order chi connectivity index (χ0) is 15.2. The fraction of sp³-hybridized carbons (Fsp3) is 0.733. The Hall–Kier alpha value is -1.72. The Morgan fingerprint density at radius 1 is 1.29 bits per heavy atom. The van der Waals surface area contributed by atoms with Gasteiger partial charge in [0.25, 0.3) is 0 Å². The summed E-state index contributed by atoms with van der Waals surface area (Å²) < 4.78 is 7.50. The lowest BCUT2D eigenvalue weighted by molar-refractivity contribution is 0.00232. The second-order valence-electron chi connectivity index (χ2n) is 7.15. The molecular weight excluding hydrogens is 268 g/mol. The summed E-state index contributed by atoms with van der Waals surface area (Å²) >= 11 is 0. The van der Waals surface area contributed by atoms with Crippen LogP contribution in [0.25, 0.3) is 0 Å². The van der Waals surface area contributed by atoms with Crippen molar-refractivity contribution in [1.29, 1.82) is 0 Å². The largest absolute Gasteiger partial charge is 0.444 e. The number of piperidine rings is 1. The standard InChI is InChI=1S/C15H24N4O2/c1-15(2,3)21-14(20)19-11-4-5-12(19)7-13(6-11)18-9-10(16)8-17-18/h8-9,11-13H,4-7,16H2,1-3H3/t11-,12-/m0/s1. The molecule has 0 spiro atoms. The molecule has 6 nitrogen and oxygen atoms in total. The van der Waals surface area contributed by atoms with Gasteiger partial charge in [0.15, 0.2) is 0 Å². The van der Waals surface area contributed by atoms with Gasteiger partial charge in [0, 0.05) is 18.3 Å². The predicted molar refractivity (Wildman–Crippen MR) is 79.8 cm³/mol. The highest BCUT2D eigenvalue weighted by Gasteiger charge is 2.45. The van der Waals surface area contributed by atoms with E-state index < -0.39 is 5.60 Å². The van der Waals surface area contributed by atoms with Crippen LogP contribution in [0.4, 0.5) is 10.5 Å². The number of hydrogen-bond acceptors (Lipinski definition) is 4. The fourth-order valence-electron chi connectivity index (χ4n) is 3.53. The SMILES string of the molecule is CC(C)(C)OC(=O)N1[C@H]2CC[C@H]1CC(n1cc(N)cn1)C2. The van der Waals surface area contributed by atoms with E-state index in [4.69, 9.17) is 10.5 Å². The van der Waals surface area contributed by atoms with Crippen molar-refractivity contribution < 1.29 is 9.53 Å². The monoisotopic (exact) mass is 292 g/mol. The first-order valence-electron chi connectivity index (χ1n) is 7.64. The van der Waals surface area contributed by atoms with Crippen LogP contribution in [0.1, 0.15) is 52.5 Å². The van der Waals surface area contributed by atoms with Crippen molar-refractivity contribution in [3.05, 3.63) is 12.4 Å². The Bertz CT molecular complexity index is 520. The fourth-order valence-corrected chi connectivity index (χ4v) is 3.53. The molecule has 1 aromatic rings. The summed E-state index contributed by atoms with van der Waals surface area (Å²) in [5.74, 6) is 0. The summed E-state index contributed by atoms with van der Waals surface area (Å²) in [4.78, 5) is 14.3. The van der Waals surface area contributed by atoms with Crippen molar-refractivity contribution in [1.82, 2.24) is 14.7 Å². The summed E-state index contributed by atoms with van der Waals surface area (Å²) in [6.45, 7) is 5.73. The molecule has 116 valence electrons. The molecule has 2 aliphatic rings. The number of nitrogens with two attached hydrogens (primary N) is 1. The number of ether oxygens (including phenoxy) is 1. The lowest BCUT2D eigenvalue weighted by Gasteiger charge is -2.39. The molecule has 2 aliphatic heterocycles. The zero-order valence-corrected chi connectivity index (χ0v) is 13.0. The van der Waals surface area contributed by atoms with E-state index >= 15 is 0 Å². The Kier molecular flexibility index (Phi) is 3.34. The maximum absolute atomic E-state index is 12.4. The van der Waals surface area contributed by atoms with Gasteiger partial charge >= 0.3 is 6.09 Å². The van der Waals surface area contributed by atoms with Gasteiger partial charge in [-0.15, -0.1) is 0 Å². The Balaban J connectivity index is 1.71. The normalized spacial score (nSPS) is 28.7. The second kappa shape index (κ2) is 4.93. The highest BCUT2D eigenvalue weighted by atomic mass is 16.6. The van der Waals surface area contributed by atoms with Gasteiger partial charge in [0.1, 0.15) is 5.60 Å². The zero-order valence-electron chi connectivity index (χ0n) is 13.0. The van der Waals surface area contributed by atoms with Gasteiger partial charge < -0.3 is 15.4 Å². The van der Waals surface area contributed by atoms with Gasteiger partial charge in [0.05, 0.1) is 17.9 Å². The quantitative estimate of drug-likeness (QED) is 0.863. The second-order valence-corrected chi connectivity index (χ2v) is 7.15. The van der Waals surface area contributed by atoms with Crippen LogP contribution in [0.15, 0.2) is 12.4 Å². The number of amides is 1. The molecule has 2 bridgehead atoms. The molecule has 2 N–H and O–H groups in total. The number of anilines is 1. The van der Waals surface area contributed by atoms with Gasteiger partial charge in [-0.2, -0.15) is 5.10 Å². The van der Waals surface area contributed by atoms with Crippen LogP contribution in [0.2, 0.25) is 0 Å². The highest BCUT2D eigenvalue weighted by molar-refractivity contribution is 5.69. The first-order chi connectivity index (χ1) is 9.83. The lowest BCUT2D eigenvalue weighted by Crippen LogP contribution is -2.48. The molecule has 0 unspecified atom stereocenters. The molecule has 0 aromatic carbocycles. The summed E-state index contributed by atoms with van der Waals surface area (Å²) in [6.07, 6.45) is 7.35. The third kappa shape index (κ3) is 2.84. The molecule has 2 fully saturated rings. The van der Waals surface area contributed by atoms with E-state index in [1.807, 2.05) is 36.5 Å². The first-order valence-corrected chi connectivity index (χ1v) is 7.64. The number of hydrogen-bond donors (Lipinski definition) is 1. The molecule has 21 heavy (non-hydrogen) atoms. The van der Waals surface area contributed by atoms with Gasteiger partial charge in [-0.25, -0.2) is 4.79 Å². The summed E-state index contributed by atoms with van der Waals surface area (Å²) in [6, 6.07) is 0.849. The smallest absolute Gasteiger partial charge is 0.410 e. The van der Waals surface area contributed by atoms with E-state index in [0.29, 0.717) is 11.7 Å². The van der Waals surface area contributed by atoms with E-state index in [1.165, 1.54) is 0 Å². The Labute approximate surface area is 125 Å². The summed E-state index contributed by atoms with van der Waals surface area (Å²) in [7, 11) is 0. The minimum absolute atomic E-state index is 0.173. The van der Waals surface area contributed by atoms with E-state index in [9.17, 15) is 4.79 Å². The number of carbonyl (C=O) groups excluding carboxylic acids is 1. The van der Waals surface area contributed by atoms with Crippen molar-refractivity contribution in [2.45, 2.75) is 70.2 Å². The van der Waals surface area contributed by atoms with Crippen LogP contribution in [0, 0.1) is 0 Å². The molecular formula is C15H24N4O2. The van der Waals surface area contributed by atoms with E-state index in [1.54, 1.807) is 6.20 Å². The third-order valence-electron chi connectivity index (χ3n) is 4.31. The van der Waals surface area contributed by atoms with Gasteiger partial charge in [-0.1, -0.05) is 0 Å². The number of fused-ring (bicyclic) bond motifs is 2. The Morgan fingerprint density at radius 3 is 2.38 bits per heavy atom. The van der Waals surface area contributed by atoms with Gasteiger partial charge in [0.2, 0.25) is 0 Å². The van der Waals surface area contributed by atoms with Crippen molar-refractivity contribution in [2.24, 2.45) is 0 Å². The van der Waals surface area contributed by atoms with Crippen molar-refractivity contribution in [2.75, 3.05) is 5.73 Å². The van der Waals surface area contributed by atoms with E-state index in [-0.39, 0.29) is 18.2 Å². The van der Waals surface area contributed by atoms with E-state index in [2.05, 4.69) is 5.10 Å². The van der Waals surface area contributed by atoms with Gasteiger partial charge in [-0.05, 0) is 46.5 Å². The Morgan fingerprint density at radius 2 is 1.90 bits per heavy atom. The molecule has 3 rings (SSSR count). The van der Waals surface area contributed by atoms with Crippen LogP contribution in [-0.2, 0) is 4.74 Å². The van der Waals surface area contributed by atoms with Crippen molar-refractivity contribution in [3.63, 3.8) is 0 Å². The van der Waals surface area contributed by atoms with E-state index in [0.717, 1.165) is 25.7 Å². The van der Waals surface area contributed by atoms with Gasteiger partial charge in [-0.3, -0.25) is 4.68 Å². The average molecular weight is 292 g/mol. The summed E-state index contributed by atoms with van der Waals surface area (Å²) in [5.41, 5.74) is 6.00. The number of nitrogen functional groups attached to an aromatic ring is 1. The molecule has 6 heteroatoms. The maximum Gasteiger partial charge on any atom is 0.410 e. The summed E-state index contributed by atoms with van der Waals surface area (Å²) in [5, 5.41) is 4.32. The van der Waals surface area contributed by atoms with Crippen LogP contribution in [0.5, 0.6) is 0 Å². The molecule has 1 aromatic heterocycles. The maximum atomic E-state index is 12.4. The van der Waals surface area contributed by atoms with Crippen LogP contribution in [-0.4, -0.2) is 38.5 Å². The minimum atomic E-state index is -0.441. The molecule has 2 atom stereocenters. The molecule has 2 saturated heterocycles. The molecule has 0 radical (unpaired) electrons. The molecule has 0 aliphatic carbocycles. The molecule has 1 amide bonds.